The Morgan fingerprint density at radius 3 is 2.65 bits per heavy atom. The first kappa shape index (κ1) is 14.0. The lowest BCUT2D eigenvalue weighted by atomic mass is 10.2. The van der Waals surface area contributed by atoms with Crippen molar-refractivity contribution < 1.29 is 4.74 Å². The molecule has 0 unspecified atom stereocenters. The van der Waals surface area contributed by atoms with Crippen molar-refractivity contribution in [1.29, 1.82) is 5.26 Å². The maximum Gasteiger partial charge on any atom is 0.322 e. The van der Waals surface area contributed by atoms with Crippen LogP contribution in [0.5, 0.6) is 6.01 Å². The van der Waals surface area contributed by atoms with E-state index in [0.29, 0.717) is 18.1 Å². The van der Waals surface area contributed by atoms with E-state index in [0.717, 1.165) is 12.1 Å². The molecule has 2 rings (SSSR count). The zero-order chi connectivity index (χ0) is 14.4. The maximum atomic E-state index is 8.74. The minimum Gasteiger partial charge on any atom is -0.463 e. The number of hydrogen-bond acceptors (Lipinski definition) is 6. The van der Waals surface area contributed by atoms with Gasteiger partial charge >= 0.3 is 6.01 Å². The Labute approximate surface area is 121 Å². The topological polar surface area (TPSA) is 83.7 Å². The molecule has 0 saturated carbocycles. The van der Waals surface area contributed by atoms with Gasteiger partial charge in [0.15, 0.2) is 0 Å². The van der Waals surface area contributed by atoms with E-state index in [9.17, 15) is 0 Å². The summed E-state index contributed by atoms with van der Waals surface area (Å²) in [4.78, 5) is 11.9. The summed E-state index contributed by atoms with van der Waals surface area (Å²) >= 11 is 5.82. The van der Waals surface area contributed by atoms with E-state index in [2.05, 4.69) is 20.3 Å². The molecule has 0 aliphatic heterocycles. The highest BCUT2D eigenvalue weighted by Gasteiger charge is 2.06. The second-order valence-electron chi connectivity index (χ2n) is 3.87. The molecule has 0 saturated heterocycles. The predicted octanol–water partition coefficient (Wildman–Crippen LogP) is 2.93. The van der Waals surface area contributed by atoms with Crippen LogP contribution in [0.25, 0.3) is 0 Å². The van der Waals surface area contributed by atoms with E-state index in [1.807, 2.05) is 13.0 Å². The first-order valence-corrected chi connectivity index (χ1v) is 6.40. The number of hydrogen-bond donors (Lipinski definition) is 1. The zero-order valence-corrected chi connectivity index (χ0v) is 11.6. The second-order valence-corrected chi connectivity index (χ2v) is 4.21. The van der Waals surface area contributed by atoms with Crippen molar-refractivity contribution in [3.8, 4) is 12.1 Å². The van der Waals surface area contributed by atoms with Crippen molar-refractivity contribution in [3.63, 3.8) is 0 Å². The summed E-state index contributed by atoms with van der Waals surface area (Å²) in [5, 5.41) is 11.8. The molecule has 102 valence electrons. The molecule has 1 aromatic carbocycles. The molecule has 0 atom stereocenters. The number of rotatable bonds is 5. The second kappa shape index (κ2) is 6.68. The third-order valence-corrected chi connectivity index (χ3v) is 2.46. The standard InChI is InChI=1S/C13H12ClN5O/c1-2-7-20-13-18-11(14)17-12(19-13)16-10-5-3-9(8-15)4-6-10/h3-6H,2,7H2,1H3,(H,16,17,18,19). The Morgan fingerprint density at radius 2 is 2.00 bits per heavy atom. The van der Waals surface area contributed by atoms with Crippen molar-refractivity contribution >= 4 is 23.2 Å². The third-order valence-electron chi connectivity index (χ3n) is 2.29. The number of nitrogens with zero attached hydrogens (tertiary/aromatic N) is 4. The van der Waals surface area contributed by atoms with Gasteiger partial charge in [0.1, 0.15) is 0 Å². The van der Waals surface area contributed by atoms with Crippen molar-refractivity contribution in [3.05, 3.63) is 35.1 Å². The summed E-state index contributed by atoms with van der Waals surface area (Å²) in [6, 6.07) is 9.13. The quantitative estimate of drug-likeness (QED) is 0.911. The van der Waals surface area contributed by atoms with E-state index >= 15 is 0 Å². The van der Waals surface area contributed by atoms with Crippen molar-refractivity contribution in [1.82, 2.24) is 15.0 Å². The molecular formula is C13H12ClN5O. The normalized spacial score (nSPS) is 9.85. The van der Waals surface area contributed by atoms with Gasteiger partial charge in [-0.15, -0.1) is 0 Å². The van der Waals surface area contributed by atoms with Gasteiger partial charge in [-0.2, -0.15) is 20.2 Å². The summed E-state index contributed by atoms with van der Waals surface area (Å²) in [6.45, 7) is 2.50. The molecule has 0 bridgehead atoms. The molecule has 6 nitrogen and oxygen atoms in total. The molecule has 0 radical (unpaired) electrons. The highest BCUT2D eigenvalue weighted by atomic mass is 35.5. The fraction of sp³-hybridized carbons (Fsp3) is 0.231. The van der Waals surface area contributed by atoms with Gasteiger partial charge in [-0.3, -0.25) is 0 Å². The Bertz CT molecular complexity index is 624. The van der Waals surface area contributed by atoms with Crippen molar-refractivity contribution in [2.45, 2.75) is 13.3 Å². The molecule has 1 aromatic heterocycles. The largest absolute Gasteiger partial charge is 0.463 e. The van der Waals surface area contributed by atoms with Crippen molar-refractivity contribution in [2.24, 2.45) is 0 Å². The van der Waals surface area contributed by atoms with Crippen LogP contribution >= 0.6 is 11.6 Å². The van der Waals surface area contributed by atoms with Gasteiger partial charge < -0.3 is 10.1 Å². The molecule has 0 amide bonds. The lowest BCUT2D eigenvalue weighted by molar-refractivity contribution is 0.292. The van der Waals surface area contributed by atoms with E-state index in [1.165, 1.54) is 0 Å². The molecule has 1 N–H and O–H groups in total. The van der Waals surface area contributed by atoms with Gasteiger partial charge in [0.25, 0.3) is 0 Å². The Hall–Kier alpha value is -2.39. The Kier molecular flexibility index (Phi) is 4.69. The van der Waals surface area contributed by atoms with Gasteiger partial charge in [0, 0.05) is 5.69 Å². The summed E-state index contributed by atoms with van der Waals surface area (Å²) < 4.78 is 5.32. The first-order valence-electron chi connectivity index (χ1n) is 6.03. The number of anilines is 2. The minimum absolute atomic E-state index is 0.0576. The minimum atomic E-state index is 0.0576. The number of nitrogens with one attached hydrogen (secondary N) is 1. The van der Waals surface area contributed by atoms with Crippen LogP contribution in [0.3, 0.4) is 0 Å². The zero-order valence-electron chi connectivity index (χ0n) is 10.8. The molecular weight excluding hydrogens is 278 g/mol. The van der Waals surface area contributed by atoms with Crippen molar-refractivity contribution in [2.75, 3.05) is 11.9 Å². The molecule has 20 heavy (non-hydrogen) atoms. The summed E-state index contributed by atoms with van der Waals surface area (Å²) in [7, 11) is 0. The molecule has 0 fully saturated rings. The predicted molar refractivity (Wildman–Crippen MR) is 75.1 cm³/mol. The SMILES string of the molecule is CCCOc1nc(Cl)nc(Nc2ccc(C#N)cc2)n1. The molecule has 1 heterocycles. The lowest BCUT2D eigenvalue weighted by Crippen LogP contribution is -2.04. The highest BCUT2D eigenvalue weighted by Crippen LogP contribution is 2.17. The van der Waals surface area contributed by atoms with Gasteiger partial charge in [0.05, 0.1) is 18.2 Å². The molecule has 7 heteroatoms. The van der Waals surface area contributed by atoms with E-state index < -0.39 is 0 Å². The maximum absolute atomic E-state index is 8.74. The van der Waals surface area contributed by atoms with Crippen LogP contribution < -0.4 is 10.1 Å². The summed E-state index contributed by atoms with van der Waals surface area (Å²) in [5.74, 6) is 0.292. The van der Waals surface area contributed by atoms with Crippen LogP contribution in [0.2, 0.25) is 5.28 Å². The number of nitriles is 1. The molecule has 0 aliphatic carbocycles. The fourth-order valence-electron chi connectivity index (χ4n) is 1.40. The highest BCUT2D eigenvalue weighted by molar-refractivity contribution is 6.28. The first-order chi connectivity index (χ1) is 9.71. The monoisotopic (exact) mass is 289 g/mol. The van der Waals surface area contributed by atoms with Gasteiger partial charge in [0.2, 0.25) is 11.2 Å². The Morgan fingerprint density at radius 1 is 1.25 bits per heavy atom. The third kappa shape index (κ3) is 3.80. The van der Waals surface area contributed by atoms with E-state index in [-0.39, 0.29) is 11.3 Å². The van der Waals surface area contributed by atoms with Crippen LogP contribution in [0, 0.1) is 11.3 Å². The average molecular weight is 290 g/mol. The van der Waals surface area contributed by atoms with Crippen LogP contribution in [-0.4, -0.2) is 21.6 Å². The smallest absolute Gasteiger partial charge is 0.322 e. The number of halogens is 1. The van der Waals surface area contributed by atoms with Crippen LogP contribution in [0.15, 0.2) is 24.3 Å². The van der Waals surface area contributed by atoms with Crippen LogP contribution in [-0.2, 0) is 0 Å². The fourth-order valence-corrected chi connectivity index (χ4v) is 1.56. The van der Waals surface area contributed by atoms with Gasteiger partial charge in [-0.1, -0.05) is 6.92 Å². The summed E-state index contributed by atoms with van der Waals surface area (Å²) in [5.41, 5.74) is 1.32. The Balaban J connectivity index is 2.15. The van der Waals surface area contributed by atoms with Gasteiger partial charge in [-0.05, 0) is 42.3 Å². The molecule has 2 aromatic rings. The van der Waals surface area contributed by atoms with E-state index in [4.69, 9.17) is 21.6 Å². The lowest BCUT2D eigenvalue weighted by Gasteiger charge is -2.07. The molecule has 0 spiro atoms. The number of ether oxygens (including phenoxy) is 1. The molecule has 0 aliphatic rings. The van der Waals surface area contributed by atoms with Crippen LogP contribution in [0.1, 0.15) is 18.9 Å². The van der Waals surface area contributed by atoms with Gasteiger partial charge in [-0.25, -0.2) is 0 Å². The summed E-state index contributed by atoms with van der Waals surface area (Å²) in [6.07, 6.45) is 0.849. The van der Waals surface area contributed by atoms with E-state index in [1.54, 1.807) is 24.3 Å². The average Bonchev–Trinajstić information content (AvgIpc) is 2.45. The number of benzene rings is 1. The van der Waals surface area contributed by atoms with Crippen LogP contribution in [0.4, 0.5) is 11.6 Å². The number of aromatic nitrogens is 3.